The second-order valence-corrected chi connectivity index (χ2v) is 6.04. The van der Waals surface area contributed by atoms with Gasteiger partial charge in [-0.1, -0.05) is 6.07 Å². The molecule has 2 aromatic rings. The first-order valence-corrected chi connectivity index (χ1v) is 7.86. The zero-order valence-corrected chi connectivity index (χ0v) is 13.0. The number of aryl methyl sites for hydroxylation is 1. The molecule has 1 amide bonds. The summed E-state index contributed by atoms with van der Waals surface area (Å²) in [5, 5.41) is 2.91. The van der Waals surface area contributed by atoms with E-state index >= 15 is 0 Å². The fourth-order valence-electron chi connectivity index (χ4n) is 3.32. The Morgan fingerprint density at radius 1 is 1.35 bits per heavy atom. The van der Waals surface area contributed by atoms with Crippen LogP contribution in [0, 0.1) is 12.8 Å². The summed E-state index contributed by atoms with van der Waals surface area (Å²) in [5.74, 6) is 3.04. The number of anilines is 1. The second kappa shape index (κ2) is 5.57. The summed E-state index contributed by atoms with van der Waals surface area (Å²) >= 11 is 0. The number of aromatic nitrogens is 3. The third-order valence-corrected chi connectivity index (χ3v) is 4.58. The molecule has 2 saturated heterocycles. The molecule has 2 fully saturated rings. The van der Waals surface area contributed by atoms with E-state index in [4.69, 9.17) is 9.72 Å². The Kier molecular flexibility index (Phi) is 3.40. The molecule has 4 rings (SSSR count). The summed E-state index contributed by atoms with van der Waals surface area (Å²) in [6.07, 6.45) is 4.31. The molecule has 7 heteroatoms. The van der Waals surface area contributed by atoms with E-state index in [0.29, 0.717) is 12.5 Å². The van der Waals surface area contributed by atoms with Gasteiger partial charge in [0.25, 0.3) is 0 Å². The number of alkyl carbamates (subject to hydrolysis) is 1. The van der Waals surface area contributed by atoms with Crippen LogP contribution in [0.5, 0.6) is 0 Å². The number of carbonyl (C=O) groups is 1. The molecule has 1 N–H and O–H groups in total. The van der Waals surface area contributed by atoms with Gasteiger partial charge in [0.2, 0.25) is 0 Å². The van der Waals surface area contributed by atoms with E-state index < -0.39 is 0 Å². The molecular weight excluding hydrogens is 294 g/mol. The Labute approximate surface area is 134 Å². The molecule has 0 spiro atoms. The zero-order chi connectivity index (χ0) is 15.8. The average molecular weight is 313 g/mol. The van der Waals surface area contributed by atoms with Gasteiger partial charge in [0.05, 0.1) is 6.61 Å². The number of imidazole rings is 1. The maximum atomic E-state index is 11.3. The van der Waals surface area contributed by atoms with Crippen LogP contribution in [0.15, 0.2) is 30.6 Å². The summed E-state index contributed by atoms with van der Waals surface area (Å²) in [6.45, 7) is 4.15. The van der Waals surface area contributed by atoms with E-state index in [9.17, 15) is 4.79 Å². The van der Waals surface area contributed by atoms with Gasteiger partial charge in [0, 0.05) is 37.4 Å². The number of hydrogen-bond donors (Lipinski definition) is 1. The summed E-state index contributed by atoms with van der Waals surface area (Å²) < 4.78 is 7.09. The second-order valence-electron chi connectivity index (χ2n) is 6.04. The van der Waals surface area contributed by atoms with Gasteiger partial charge in [-0.05, 0) is 25.5 Å². The number of nitrogens with zero attached hydrogens (tertiary/aromatic N) is 4. The molecule has 0 bridgehead atoms. The molecule has 0 aromatic carbocycles. The predicted octanol–water partition coefficient (Wildman–Crippen LogP) is 1.51. The summed E-state index contributed by atoms with van der Waals surface area (Å²) in [6, 6.07) is 6.24. The molecule has 23 heavy (non-hydrogen) atoms. The van der Waals surface area contributed by atoms with Crippen molar-refractivity contribution in [1.29, 1.82) is 0 Å². The molecule has 0 saturated carbocycles. The fraction of sp³-hybridized carbons (Fsp3) is 0.438. The number of fused-ring (bicyclic) bond motifs is 1. The van der Waals surface area contributed by atoms with Crippen molar-refractivity contribution in [2.45, 2.75) is 19.4 Å². The van der Waals surface area contributed by atoms with Crippen LogP contribution in [0.1, 0.15) is 12.2 Å². The number of cyclic esters (lactones) is 1. The van der Waals surface area contributed by atoms with E-state index in [1.165, 1.54) is 0 Å². The van der Waals surface area contributed by atoms with E-state index in [1.807, 2.05) is 35.9 Å². The normalized spacial score (nSPS) is 23.9. The number of hydrogen-bond acceptors (Lipinski definition) is 5. The van der Waals surface area contributed by atoms with Gasteiger partial charge in [0.15, 0.2) is 0 Å². The molecule has 2 atom stereocenters. The van der Waals surface area contributed by atoms with Crippen LogP contribution in [0.4, 0.5) is 10.6 Å². The molecule has 2 aromatic heterocycles. The lowest BCUT2D eigenvalue weighted by atomic mass is 9.92. The molecule has 0 radical (unpaired) electrons. The monoisotopic (exact) mass is 313 g/mol. The van der Waals surface area contributed by atoms with E-state index in [1.54, 1.807) is 6.20 Å². The highest BCUT2D eigenvalue weighted by Gasteiger charge is 2.35. The lowest BCUT2D eigenvalue weighted by Crippen LogP contribution is -2.56. The standard InChI is InChI=1S/C16H19N5O2/c1-11-17-6-8-21(11)15-4-2-3-14(19-15)20-7-5-13-12(9-20)10-23-16(22)18-13/h2-4,6,8,12-13H,5,7,9-10H2,1H3,(H,18,22)/t12-,13+/m1/s1. The van der Waals surface area contributed by atoms with Crippen LogP contribution in [0.2, 0.25) is 0 Å². The highest BCUT2D eigenvalue weighted by molar-refractivity contribution is 5.68. The molecular formula is C16H19N5O2. The number of nitrogens with one attached hydrogen (secondary N) is 1. The third-order valence-electron chi connectivity index (χ3n) is 4.58. The first kappa shape index (κ1) is 14.0. The van der Waals surface area contributed by atoms with Crippen LogP contribution in [0.25, 0.3) is 5.82 Å². The predicted molar refractivity (Wildman–Crippen MR) is 84.7 cm³/mol. The molecule has 2 aliphatic rings. The Morgan fingerprint density at radius 2 is 2.22 bits per heavy atom. The van der Waals surface area contributed by atoms with Gasteiger partial charge in [-0.25, -0.2) is 14.8 Å². The smallest absolute Gasteiger partial charge is 0.407 e. The average Bonchev–Trinajstić information content (AvgIpc) is 3.00. The summed E-state index contributed by atoms with van der Waals surface area (Å²) in [4.78, 5) is 22.6. The van der Waals surface area contributed by atoms with Crippen LogP contribution in [0.3, 0.4) is 0 Å². The van der Waals surface area contributed by atoms with Gasteiger partial charge in [0.1, 0.15) is 17.5 Å². The minimum absolute atomic E-state index is 0.214. The van der Waals surface area contributed by atoms with Crippen LogP contribution < -0.4 is 10.2 Å². The van der Waals surface area contributed by atoms with Crippen LogP contribution in [-0.2, 0) is 4.74 Å². The van der Waals surface area contributed by atoms with Gasteiger partial charge >= 0.3 is 6.09 Å². The van der Waals surface area contributed by atoms with Crippen molar-refractivity contribution >= 4 is 11.9 Å². The van der Waals surface area contributed by atoms with Crippen LogP contribution >= 0.6 is 0 Å². The minimum Gasteiger partial charge on any atom is -0.449 e. The van der Waals surface area contributed by atoms with Gasteiger partial charge in [-0.3, -0.25) is 4.57 Å². The topological polar surface area (TPSA) is 72.3 Å². The van der Waals surface area contributed by atoms with Crippen molar-refractivity contribution in [2.24, 2.45) is 5.92 Å². The molecule has 4 heterocycles. The lowest BCUT2D eigenvalue weighted by molar-refractivity contribution is 0.0747. The van der Waals surface area contributed by atoms with Crippen molar-refractivity contribution in [1.82, 2.24) is 19.9 Å². The Morgan fingerprint density at radius 3 is 3.04 bits per heavy atom. The Bertz CT molecular complexity index is 729. The Hall–Kier alpha value is -2.57. The van der Waals surface area contributed by atoms with Crippen molar-refractivity contribution in [2.75, 3.05) is 24.6 Å². The number of rotatable bonds is 2. The van der Waals surface area contributed by atoms with E-state index in [-0.39, 0.29) is 12.1 Å². The first-order valence-electron chi connectivity index (χ1n) is 7.86. The number of piperidine rings is 1. The number of pyridine rings is 1. The van der Waals surface area contributed by atoms with Crippen LogP contribution in [-0.4, -0.2) is 46.4 Å². The number of carbonyl (C=O) groups excluding carboxylic acids is 1. The maximum Gasteiger partial charge on any atom is 0.407 e. The van der Waals surface area contributed by atoms with Gasteiger partial charge < -0.3 is 15.0 Å². The molecule has 0 unspecified atom stereocenters. The van der Waals surface area contributed by atoms with Crippen molar-refractivity contribution in [3.63, 3.8) is 0 Å². The minimum atomic E-state index is -0.296. The molecule has 7 nitrogen and oxygen atoms in total. The van der Waals surface area contributed by atoms with Gasteiger partial charge in [-0.15, -0.1) is 0 Å². The largest absolute Gasteiger partial charge is 0.449 e. The molecule has 2 aliphatic heterocycles. The quantitative estimate of drug-likeness (QED) is 0.910. The molecule has 0 aliphatic carbocycles. The number of ether oxygens (including phenoxy) is 1. The zero-order valence-electron chi connectivity index (χ0n) is 13.0. The summed E-state index contributed by atoms with van der Waals surface area (Å²) in [7, 11) is 0. The fourth-order valence-corrected chi connectivity index (χ4v) is 3.32. The van der Waals surface area contributed by atoms with E-state index in [2.05, 4.69) is 15.2 Å². The SMILES string of the molecule is Cc1nccn1-c1cccc(N2CC[C@@H]3NC(=O)OC[C@H]3C2)n1. The maximum absolute atomic E-state index is 11.3. The molecule has 120 valence electrons. The van der Waals surface area contributed by atoms with Gasteiger partial charge in [-0.2, -0.15) is 0 Å². The summed E-state index contributed by atoms with van der Waals surface area (Å²) in [5.41, 5.74) is 0. The highest BCUT2D eigenvalue weighted by atomic mass is 16.6. The van der Waals surface area contributed by atoms with E-state index in [0.717, 1.165) is 37.0 Å². The van der Waals surface area contributed by atoms with Crippen molar-refractivity contribution in [3.05, 3.63) is 36.4 Å². The van der Waals surface area contributed by atoms with Crippen molar-refractivity contribution in [3.8, 4) is 5.82 Å². The lowest BCUT2D eigenvalue weighted by Gasteiger charge is -2.41. The number of amides is 1. The third kappa shape index (κ3) is 2.62. The first-order chi connectivity index (χ1) is 11.2. The highest BCUT2D eigenvalue weighted by Crippen LogP contribution is 2.25. The van der Waals surface area contributed by atoms with Crippen molar-refractivity contribution < 1.29 is 9.53 Å². The Balaban J connectivity index is 1.55.